The third-order valence-electron chi connectivity index (χ3n) is 3.36. The highest BCUT2D eigenvalue weighted by Gasteiger charge is 2.48. The van der Waals surface area contributed by atoms with Crippen molar-refractivity contribution in [3.05, 3.63) is 0 Å². The van der Waals surface area contributed by atoms with E-state index in [4.69, 9.17) is 5.11 Å². The second kappa shape index (κ2) is 2.73. The van der Waals surface area contributed by atoms with Crippen molar-refractivity contribution < 1.29 is 9.90 Å². The molecule has 0 amide bonds. The Morgan fingerprint density at radius 2 is 2.42 bits per heavy atom. The molecule has 2 rings (SSSR count). The van der Waals surface area contributed by atoms with Crippen molar-refractivity contribution in [1.29, 1.82) is 0 Å². The third kappa shape index (κ3) is 1.12. The molecule has 3 nitrogen and oxygen atoms in total. The van der Waals surface area contributed by atoms with Crippen LogP contribution in [0, 0.1) is 5.41 Å². The Bertz CT molecular complexity index is 205. The van der Waals surface area contributed by atoms with Gasteiger partial charge in [0, 0.05) is 18.0 Å². The first kappa shape index (κ1) is 8.05. The fourth-order valence-corrected chi connectivity index (χ4v) is 2.61. The molecule has 12 heavy (non-hydrogen) atoms. The summed E-state index contributed by atoms with van der Waals surface area (Å²) in [7, 11) is 0. The van der Waals surface area contributed by atoms with Crippen LogP contribution in [0.25, 0.3) is 0 Å². The summed E-state index contributed by atoms with van der Waals surface area (Å²) in [5.41, 5.74) is 0.129. The average molecular weight is 169 g/mol. The normalized spacial score (nSPS) is 39.8. The summed E-state index contributed by atoms with van der Waals surface area (Å²) in [4.78, 5) is 10.6. The summed E-state index contributed by atoms with van der Waals surface area (Å²) in [5.74, 6) is -0.636. The average Bonchev–Trinajstić information content (AvgIpc) is 1.97. The lowest BCUT2D eigenvalue weighted by Gasteiger charge is -2.53. The van der Waals surface area contributed by atoms with Crippen molar-refractivity contribution in [3.8, 4) is 0 Å². The van der Waals surface area contributed by atoms with Gasteiger partial charge in [-0.25, -0.2) is 0 Å². The number of fused-ring (bicyclic) bond motifs is 1. The molecule has 0 bridgehead atoms. The zero-order chi connectivity index (χ0) is 8.60. The number of nitrogens with one attached hydrogen (secondary N) is 1. The molecule has 0 spiro atoms. The number of hydrogen-bond acceptors (Lipinski definition) is 2. The smallest absolute Gasteiger partial charge is 0.304 e. The van der Waals surface area contributed by atoms with Gasteiger partial charge in [0.25, 0.3) is 0 Å². The molecular weight excluding hydrogens is 154 g/mol. The Balaban J connectivity index is 2.02. The molecule has 2 N–H and O–H groups in total. The maximum Gasteiger partial charge on any atom is 0.304 e. The molecule has 68 valence electrons. The summed E-state index contributed by atoms with van der Waals surface area (Å²) in [6.45, 7) is 0.921. The summed E-state index contributed by atoms with van der Waals surface area (Å²) < 4.78 is 0. The van der Waals surface area contributed by atoms with E-state index < -0.39 is 5.97 Å². The van der Waals surface area contributed by atoms with Gasteiger partial charge in [-0.3, -0.25) is 4.79 Å². The second-order valence-electron chi connectivity index (χ2n) is 4.11. The second-order valence-corrected chi connectivity index (χ2v) is 4.11. The molecule has 0 radical (unpaired) electrons. The Morgan fingerprint density at radius 3 is 2.92 bits per heavy atom. The van der Waals surface area contributed by atoms with Crippen molar-refractivity contribution in [3.63, 3.8) is 0 Å². The van der Waals surface area contributed by atoms with Gasteiger partial charge in [-0.2, -0.15) is 0 Å². The highest BCUT2D eigenvalue weighted by Crippen LogP contribution is 2.44. The molecule has 1 heterocycles. The minimum atomic E-state index is -0.636. The van der Waals surface area contributed by atoms with E-state index in [1.807, 2.05) is 0 Å². The van der Waals surface area contributed by atoms with Gasteiger partial charge in [-0.1, -0.05) is 12.8 Å². The Morgan fingerprint density at radius 1 is 1.58 bits per heavy atom. The van der Waals surface area contributed by atoms with Gasteiger partial charge in [0.1, 0.15) is 0 Å². The van der Waals surface area contributed by atoms with Crippen LogP contribution in [0.1, 0.15) is 32.1 Å². The molecule has 0 unspecified atom stereocenters. The lowest BCUT2D eigenvalue weighted by atomic mass is 9.63. The quantitative estimate of drug-likeness (QED) is 0.648. The van der Waals surface area contributed by atoms with Crippen LogP contribution < -0.4 is 5.32 Å². The zero-order valence-electron chi connectivity index (χ0n) is 7.18. The zero-order valence-corrected chi connectivity index (χ0v) is 7.18. The maximum atomic E-state index is 10.6. The topological polar surface area (TPSA) is 49.3 Å². The van der Waals surface area contributed by atoms with Gasteiger partial charge in [0.15, 0.2) is 0 Å². The Kier molecular flexibility index (Phi) is 1.83. The molecular formula is C9H15NO2. The highest BCUT2D eigenvalue weighted by atomic mass is 16.4. The summed E-state index contributed by atoms with van der Waals surface area (Å²) in [6, 6.07) is 0.502. The van der Waals surface area contributed by atoms with E-state index in [-0.39, 0.29) is 5.41 Å². The molecule has 3 heteroatoms. The number of hydrogen-bond donors (Lipinski definition) is 2. The van der Waals surface area contributed by atoms with Gasteiger partial charge in [-0.05, 0) is 12.8 Å². The molecule has 2 atom stereocenters. The van der Waals surface area contributed by atoms with Crippen LogP contribution in [0.2, 0.25) is 0 Å². The van der Waals surface area contributed by atoms with E-state index >= 15 is 0 Å². The van der Waals surface area contributed by atoms with E-state index in [1.165, 1.54) is 19.3 Å². The summed E-state index contributed by atoms with van der Waals surface area (Å²) in [5, 5.41) is 12.1. The van der Waals surface area contributed by atoms with E-state index in [1.54, 1.807) is 0 Å². The number of carboxylic acid groups (broad SMARTS) is 1. The predicted octanol–water partition coefficient (Wildman–Crippen LogP) is 0.993. The number of carbonyl (C=O) groups is 1. The van der Waals surface area contributed by atoms with Crippen molar-refractivity contribution in [2.24, 2.45) is 5.41 Å². The van der Waals surface area contributed by atoms with Gasteiger partial charge < -0.3 is 10.4 Å². The van der Waals surface area contributed by atoms with Crippen LogP contribution in [0.5, 0.6) is 0 Å². The van der Waals surface area contributed by atoms with E-state index in [9.17, 15) is 4.79 Å². The van der Waals surface area contributed by atoms with Gasteiger partial charge in [0.05, 0.1) is 6.42 Å². The molecule has 2 fully saturated rings. The van der Waals surface area contributed by atoms with Crippen molar-refractivity contribution >= 4 is 5.97 Å². The van der Waals surface area contributed by atoms with Crippen LogP contribution in [0.4, 0.5) is 0 Å². The van der Waals surface area contributed by atoms with E-state index in [2.05, 4.69) is 5.32 Å². The van der Waals surface area contributed by atoms with E-state index in [0.29, 0.717) is 12.5 Å². The van der Waals surface area contributed by atoms with Gasteiger partial charge >= 0.3 is 5.97 Å². The summed E-state index contributed by atoms with van der Waals surface area (Å²) in [6.07, 6.45) is 5.12. The highest BCUT2D eigenvalue weighted by molar-refractivity contribution is 5.68. The lowest BCUT2D eigenvalue weighted by molar-refractivity contribution is -0.143. The predicted molar refractivity (Wildman–Crippen MR) is 44.9 cm³/mol. The lowest BCUT2D eigenvalue weighted by Crippen LogP contribution is -2.64. The SMILES string of the molecule is O=C(O)C[C@@]12CCCC[C@H]1NC2. The fraction of sp³-hybridized carbons (Fsp3) is 0.889. The minimum absolute atomic E-state index is 0.129. The molecule has 0 aromatic rings. The monoisotopic (exact) mass is 169 g/mol. The Labute approximate surface area is 72.2 Å². The van der Waals surface area contributed by atoms with Crippen LogP contribution in [-0.4, -0.2) is 23.7 Å². The van der Waals surface area contributed by atoms with Crippen molar-refractivity contribution in [2.75, 3.05) is 6.54 Å². The fourth-order valence-electron chi connectivity index (χ4n) is 2.61. The first-order valence-electron chi connectivity index (χ1n) is 4.68. The van der Waals surface area contributed by atoms with Crippen molar-refractivity contribution in [2.45, 2.75) is 38.1 Å². The number of rotatable bonds is 2. The maximum absolute atomic E-state index is 10.6. The first-order valence-corrected chi connectivity index (χ1v) is 4.68. The largest absolute Gasteiger partial charge is 0.481 e. The van der Waals surface area contributed by atoms with Gasteiger partial charge in [-0.15, -0.1) is 0 Å². The Hall–Kier alpha value is -0.570. The van der Waals surface area contributed by atoms with E-state index in [0.717, 1.165) is 13.0 Å². The van der Waals surface area contributed by atoms with Crippen LogP contribution in [-0.2, 0) is 4.79 Å². The molecule has 0 aromatic carbocycles. The molecule has 1 aliphatic carbocycles. The molecule has 0 aromatic heterocycles. The molecule has 1 saturated heterocycles. The molecule has 1 aliphatic heterocycles. The van der Waals surface area contributed by atoms with Crippen LogP contribution >= 0.6 is 0 Å². The number of carboxylic acids is 1. The molecule has 1 saturated carbocycles. The van der Waals surface area contributed by atoms with Crippen molar-refractivity contribution in [1.82, 2.24) is 5.32 Å². The first-order chi connectivity index (χ1) is 5.73. The molecule has 2 aliphatic rings. The van der Waals surface area contributed by atoms with Crippen LogP contribution in [0.3, 0.4) is 0 Å². The number of aliphatic carboxylic acids is 1. The third-order valence-corrected chi connectivity index (χ3v) is 3.36. The standard InChI is InChI=1S/C9H15NO2/c11-8(12)5-9-4-2-1-3-7(9)10-6-9/h7,10H,1-6H2,(H,11,12)/t7-,9-/m1/s1. The van der Waals surface area contributed by atoms with Gasteiger partial charge in [0.2, 0.25) is 0 Å². The van der Waals surface area contributed by atoms with Crippen LogP contribution in [0.15, 0.2) is 0 Å². The summed E-state index contributed by atoms with van der Waals surface area (Å²) >= 11 is 0. The minimum Gasteiger partial charge on any atom is -0.481 e.